The van der Waals surface area contributed by atoms with Crippen LogP contribution in [-0.4, -0.2) is 17.5 Å². The van der Waals surface area contributed by atoms with Crippen LogP contribution in [0.3, 0.4) is 0 Å². The molecule has 1 heterocycles. The van der Waals surface area contributed by atoms with E-state index in [1.807, 2.05) is 0 Å². The van der Waals surface area contributed by atoms with Crippen LogP contribution in [-0.2, 0) is 4.79 Å². The number of anilines is 2. The molecule has 0 atom stereocenters. The van der Waals surface area contributed by atoms with Gasteiger partial charge in [0.1, 0.15) is 16.7 Å². The second-order valence-electron chi connectivity index (χ2n) is 4.06. The first-order valence-corrected chi connectivity index (χ1v) is 6.42. The predicted molar refractivity (Wildman–Crippen MR) is 78.8 cm³/mol. The quantitative estimate of drug-likeness (QED) is 0.656. The van der Waals surface area contributed by atoms with Crippen molar-refractivity contribution in [3.05, 3.63) is 47.6 Å². The third-order valence-electron chi connectivity index (χ3n) is 2.44. The maximum atomic E-state index is 11.7. The molecule has 0 unspecified atom stereocenters. The highest BCUT2D eigenvalue weighted by atomic mass is 35.5. The van der Waals surface area contributed by atoms with E-state index in [1.165, 1.54) is 0 Å². The van der Waals surface area contributed by atoms with Gasteiger partial charge < -0.3 is 15.8 Å². The number of nitrogens with zero attached hydrogens (tertiary/aromatic N) is 1. The average Bonchev–Trinajstić information content (AvgIpc) is 2.38. The summed E-state index contributed by atoms with van der Waals surface area (Å²) >= 11 is 5.73. The van der Waals surface area contributed by atoms with Crippen LogP contribution in [0.5, 0.6) is 5.75 Å². The zero-order valence-corrected chi connectivity index (χ0v) is 11.4. The van der Waals surface area contributed by atoms with Gasteiger partial charge in [0.25, 0.3) is 0 Å². The van der Waals surface area contributed by atoms with E-state index in [0.29, 0.717) is 22.4 Å². The van der Waals surface area contributed by atoms with Crippen LogP contribution in [0, 0.1) is 0 Å². The number of nitrogen functional groups attached to an aromatic ring is 1. The molecule has 0 aliphatic heterocycles. The number of hydrogen-bond acceptors (Lipinski definition) is 4. The number of nitrogens with one attached hydrogen (secondary N) is 1. The summed E-state index contributed by atoms with van der Waals surface area (Å²) in [6.45, 7) is 0.260. The highest BCUT2D eigenvalue weighted by molar-refractivity contribution is 6.29. The van der Waals surface area contributed by atoms with Gasteiger partial charge in [0.05, 0.1) is 13.0 Å². The summed E-state index contributed by atoms with van der Waals surface area (Å²) in [5.41, 5.74) is 6.25. The Hall–Kier alpha value is -2.27. The summed E-state index contributed by atoms with van der Waals surface area (Å²) in [7, 11) is 0. The van der Waals surface area contributed by atoms with Crippen molar-refractivity contribution in [3.8, 4) is 5.75 Å². The number of carbonyl (C=O) groups is 1. The minimum Gasteiger partial charge on any atom is -0.493 e. The normalized spacial score (nSPS) is 10.1. The molecular formula is C14H14ClN3O2. The SMILES string of the molecule is Nc1cccc(OCCC(=O)Nc2cccc(Cl)n2)c1. The van der Waals surface area contributed by atoms with E-state index in [9.17, 15) is 4.79 Å². The smallest absolute Gasteiger partial charge is 0.228 e. The van der Waals surface area contributed by atoms with Crippen molar-refractivity contribution >= 4 is 29.0 Å². The van der Waals surface area contributed by atoms with Crippen molar-refractivity contribution in [2.75, 3.05) is 17.7 Å². The van der Waals surface area contributed by atoms with Crippen molar-refractivity contribution in [2.45, 2.75) is 6.42 Å². The number of ether oxygens (including phenoxy) is 1. The minimum atomic E-state index is -0.191. The highest BCUT2D eigenvalue weighted by Crippen LogP contribution is 2.14. The fourth-order valence-corrected chi connectivity index (χ4v) is 1.71. The Kier molecular flexibility index (Phi) is 4.79. The van der Waals surface area contributed by atoms with Gasteiger partial charge in [-0.1, -0.05) is 23.7 Å². The lowest BCUT2D eigenvalue weighted by molar-refractivity contribution is -0.116. The molecule has 0 aliphatic rings. The Balaban J connectivity index is 1.78. The fraction of sp³-hybridized carbons (Fsp3) is 0.143. The van der Waals surface area contributed by atoms with Crippen LogP contribution >= 0.6 is 11.6 Å². The third-order valence-corrected chi connectivity index (χ3v) is 2.65. The fourth-order valence-electron chi connectivity index (χ4n) is 1.55. The average molecular weight is 292 g/mol. The van der Waals surface area contributed by atoms with E-state index < -0.39 is 0 Å². The maximum Gasteiger partial charge on any atom is 0.228 e. The Bertz CT molecular complexity index is 604. The number of hydrogen-bond donors (Lipinski definition) is 2. The van der Waals surface area contributed by atoms with E-state index in [2.05, 4.69) is 10.3 Å². The predicted octanol–water partition coefficient (Wildman–Crippen LogP) is 2.72. The number of nitrogens with two attached hydrogens (primary N) is 1. The summed E-state index contributed by atoms with van der Waals surface area (Å²) in [4.78, 5) is 15.6. The molecule has 1 aromatic heterocycles. The third kappa shape index (κ3) is 4.44. The lowest BCUT2D eigenvalue weighted by atomic mass is 10.3. The zero-order valence-electron chi connectivity index (χ0n) is 10.7. The molecule has 0 radical (unpaired) electrons. The number of benzene rings is 1. The van der Waals surface area contributed by atoms with Gasteiger partial charge in [-0.3, -0.25) is 4.79 Å². The van der Waals surface area contributed by atoms with Gasteiger partial charge in [-0.25, -0.2) is 4.98 Å². The molecule has 5 nitrogen and oxygen atoms in total. The molecule has 2 rings (SSSR count). The largest absolute Gasteiger partial charge is 0.493 e. The van der Waals surface area contributed by atoms with Crippen LogP contribution in [0.25, 0.3) is 0 Å². The maximum absolute atomic E-state index is 11.7. The van der Waals surface area contributed by atoms with Gasteiger partial charge in [0.2, 0.25) is 5.91 Å². The van der Waals surface area contributed by atoms with Crippen LogP contribution < -0.4 is 15.8 Å². The van der Waals surface area contributed by atoms with Crippen LogP contribution in [0.1, 0.15) is 6.42 Å². The van der Waals surface area contributed by atoms with E-state index in [4.69, 9.17) is 22.1 Å². The van der Waals surface area contributed by atoms with Crippen LogP contribution in [0.2, 0.25) is 5.15 Å². The molecule has 104 valence electrons. The summed E-state index contributed by atoms with van der Waals surface area (Å²) in [5.74, 6) is 0.869. The van der Waals surface area contributed by atoms with Gasteiger partial charge in [0.15, 0.2) is 0 Å². The lowest BCUT2D eigenvalue weighted by Gasteiger charge is -2.07. The molecule has 0 aliphatic carbocycles. The second-order valence-corrected chi connectivity index (χ2v) is 4.45. The first-order chi connectivity index (χ1) is 9.63. The molecule has 1 aromatic carbocycles. The Morgan fingerprint density at radius 2 is 2.10 bits per heavy atom. The van der Waals surface area contributed by atoms with Crippen molar-refractivity contribution in [1.82, 2.24) is 4.98 Å². The van der Waals surface area contributed by atoms with Crippen molar-refractivity contribution in [2.24, 2.45) is 0 Å². The molecule has 0 fully saturated rings. The van der Waals surface area contributed by atoms with E-state index >= 15 is 0 Å². The van der Waals surface area contributed by atoms with E-state index in [1.54, 1.807) is 42.5 Å². The molecule has 0 spiro atoms. The van der Waals surface area contributed by atoms with Gasteiger partial charge in [-0.2, -0.15) is 0 Å². The van der Waals surface area contributed by atoms with Crippen molar-refractivity contribution in [3.63, 3.8) is 0 Å². The van der Waals surface area contributed by atoms with Crippen molar-refractivity contribution < 1.29 is 9.53 Å². The molecule has 0 saturated carbocycles. The number of carbonyl (C=O) groups excluding carboxylic acids is 1. The summed E-state index contributed by atoms with van der Waals surface area (Å²) in [6, 6.07) is 12.1. The highest BCUT2D eigenvalue weighted by Gasteiger charge is 2.04. The molecule has 3 N–H and O–H groups in total. The summed E-state index contributed by atoms with van der Waals surface area (Å²) in [6.07, 6.45) is 0.211. The topological polar surface area (TPSA) is 77.2 Å². The van der Waals surface area contributed by atoms with E-state index in [-0.39, 0.29) is 18.9 Å². The Morgan fingerprint density at radius 3 is 2.85 bits per heavy atom. The minimum absolute atomic E-state index is 0.191. The molecule has 0 bridgehead atoms. The van der Waals surface area contributed by atoms with Crippen LogP contribution in [0.4, 0.5) is 11.5 Å². The monoisotopic (exact) mass is 291 g/mol. The van der Waals surface area contributed by atoms with Gasteiger partial charge in [-0.15, -0.1) is 0 Å². The van der Waals surface area contributed by atoms with Gasteiger partial charge in [-0.05, 0) is 24.3 Å². The Morgan fingerprint density at radius 1 is 1.30 bits per heavy atom. The second kappa shape index (κ2) is 6.77. The standard InChI is InChI=1S/C14H14ClN3O2/c15-12-5-2-6-13(17-12)18-14(19)7-8-20-11-4-1-3-10(16)9-11/h1-6,9H,7-8,16H2,(H,17,18,19). The molecule has 0 saturated heterocycles. The number of aromatic nitrogens is 1. The Labute approximate surface area is 121 Å². The molecular weight excluding hydrogens is 278 g/mol. The number of pyridine rings is 1. The number of halogens is 1. The summed E-state index contributed by atoms with van der Waals surface area (Å²) in [5, 5.41) is 2.97. The molecule has 2 aromatic rings. The van der Waals surface area contributed by atoms with Crippen LogP contribution in [0.15, 0.2) is 42.5 Å². The molecule has 1 amide bonds. The van der Waals surface area contributed by atoms with E-state index in [0.717, 1.165) is 0 Å². The zero-order chi connectivity index (χ0) is 14.4. The van der Waals surface area contributed by atoms with Gasteiger partial charge in [0, 0.05) is 11.8 Å². The lowest BCUT2D eigenvalue weighted by Crippen LogP contribution is -2.16. The van der Waals surface area contributed by atoms with Crippen molar-refractivity contribution in [1.29, 1.82) is 0 Å². The number of rotatable bonds is 5. The summed E-state index contributed by atoms with van der Waals surface area (Å²) < 4.78 is 5.43. The van der Waals surface area contributed by atoms with Gasteiger partial charge >= 0.3 is 0 Å². The number of amides is 1. The first-order valence-electron chi connectivity index (χ1n) is 6.04. The molecule has 20 heavy (non-hydrogen) atoms. The molecule has 6 heteroatoms. The first kappa shape index (κ1) is 14.1.